The molecule has 1 aromatic rings. The Morgan fingerprint density at radius 3 is 3.00 bits per heavy atom. The first-order valence-corrected chi connectivity index (χ1v) is 3.28. The number of aromatic nitrogens is 1. The Hall–Kier alpha value is -1.34. The van der Waals surface area contributed by atoms with Crippen molar-refractivity contribution in [1.82, 2.24) is 4.98 Å². The average molecular weight is 152 g/mol. The van der Waals surface area contributed by atoms with Crippen LogP contribution in [0, 0.1) is 12.3 Å². The van der Waals surface area contributed by atoms with Gasteiger partial charge in [0.05, 0.1) is 6.20 Å². The minimum Gasteiger partial charge on any atom is -0.375 e. The van der Waals surface area contributed by atoms with Gasteiger partial charge < -0.3 is 5.73 Å². The summed E-state index contributed by atoms with van der Waals surface area (Å²) < 4.78 is 0. The third kappa shape index (κ3) is 1.14. The van der Waals surface area contributed by atoms with E-state index in [1.165, 1.54) is 6.20 Å². The fourth-order valence-electron chi connectivity index (χ4n) is 0.464. The summed E-state index contributed by atoms with van der Waals surface area (Å²) in [4.78, 5) is 14.8. The Labute approximate surface area is 61.9 Å². The van der Waals surface area contributed by atoms with Gasteiger partial charge in [0, 0.05) is 0 Å². The summed E-state index contributed by atoms with van der Waals surface area (Å²) in [5.41, 5.74) is 5.26. The molecule has 0 amide bonds. The lowest BCUT2D eigenvalue weighted by Crippen LogP contribution is -1.87. The number of thiazole rings is 1. The smallest absolute Gasteiger partial charge is 0.247 e. The van der Waals surface area contributed by atoms with Crippen molar-refractivity contribution in [3.63, 3.8) is 0 Å². The molecule has 0 aliphatic rings. The fraction of sp³-hybridized carbons (Fsp3) is 0. The normalized spacial score (nSPS) is 8.70. The number of rotatable bonds is 1. The maximum absolute atomic E-state index is 10.7. The molecule has 0 unspecified atom stereocenters. The Morgan fingerprint density at radius 1 is 1.90 bits per heavy atom. The number of terminal acetylenes is 1. The highest BCUT2D eigenvalue weighted by Crippen LogP contribution is 2.13. The predicted octanol–water partition coefficient (Wildman–Crippen LogP) is 0.541. The number of nitrogen functional groups attached to an aromatic ring is 1. The number of nitrogens with two attached hydrogens (primary N) is 1. The Kier molecular flexibility index (Phi) is 1.69. The van der Waals surface area contributed by atoms with Crippen molar-refractivity contribution >= 4 is 22.3 Å². The topological polar surface area (TPSA) is 56.0 Å². The number of hydrogen-bond acceptors (Lipinski definition) is 4. The van der Waals surface area contributed by atoms with E-state index in [9.17, 15) is 4.79 Å². The standard InChI is InChI=1S/C6H4N2OS/c1-2-4(9)5-3-8-6(7)10-5/h1,3H,(H2,7,8). The van der Waals surface area contributed by atoms with Crippen molar-refractivity contribution in [1.29, 1.82) is 0 Å². The molecule has 0 aliphatic heterocycles. The van der Waals surface area contributed by atoms with Crippen molar-refractivity contribution < 1.29 is 4.79 Å². The van der Waals surface area contributed by atoms with Gasteiger partial charge >= 0.3 is 0 Å². The molecule has 0 saturated carbocycles. The van der Waals surface area contributed by atoms with Crippen LogP contribution >= 0.6 is 11.3 Å². The Balaban J connectivity index is 2.98. The summed E-state index contributed by atoms with van der Waals surface area (Å²) in [6.45, 7) is 0. The number of Topliss-reactive ketones (excluding diaryl/α,β-unsaturated/α-hetero) is 1. The quantitative estimate of drug-likeness (QED) is 0.363. The van der Waals surface area contributed by atoms with E-state index in [1.807, 2.05) is 5.92 Å². The molecule has 0 aliphatic carbocycles. The van der Waals surface area contributed by atoms with E-state index in [0.717, 1.165) is 11.3 Å². The molecule has 0 aromatic carbocycles. The van der Waals surface area contributed by atoms with Crippen LogP contribution in [0.25, 0.3) is 0 Å². The van der Waals surface area contributed by atoms with Gasteiger partial charge in [0.25, 0.3) is 0 Å². The lowest BCUT2D eigenvalue weighted by Gasteiger charge is -1.78. The number of carbonyl (C=O) groups is 1. The molecule has 50 valence electrons. The first-order valence-electron chi connectivity index (χ1n) is 2.46. The highest BCUT2D eigenvalue weighted by atomic mass is 32.1. The maximum atomic E-state index is 10.7. The Morgan fingerprint density at radius 2 is 2.60 bits per heavy atom. The van der Waals surface area contributed by atoms with Crippen molar-refractivity contribution in [2.24, 2.45) is 0 Å². The summed E-state index contributed by atoms with van der Waals surface area (Å²) in [5, 5.41) is 0.360. The average Bonchev–Trinajstić information content (AvgIpc) is 2.34. The summed E-state index contributed by atoms with van der Waals surface area (Å²) in [5.74, 6) is 1.60. The van der Waals surface area contributed by atoms with E-state index in [0.29, 0.717) is 10.0 Å². The van der Waals surface area contributed by atoms with Gasteiger partial charge in [-0.15, -0.1) is 6.42 Å². The van der Waals surface area contributed by atoms with Crippen LogP contribution in [0.1, 0.15) is 9.67 Å². The van der Waals surface area contributed by atoms with Crippen LogP contribution < -0.4 is 5.73 Å². The lowest BCUT2D eigenvalue weighted by atomic mass is 10.4. The molecule has 3 nitrogen and oxygen atoms in total. The van der Waals surface area contributed by atoms with Crippen molar-refractivity contribution in [3.8, 4) is 12.3 Å². The molecule has 0 saturated heterocycles. The van der Waals surface area contributed by atoms with E-state index in [2.05, 4.69) is 4.98 Å². The van der Waals surface area contributed by atoms with Crippen LogP contribution in [-0.4, -0.2) is 10.8 Å². The zero-order valence-corrected chi connectivity index (χ0v) is 5.81. The molecule has 0 atom stereocenters. The van der Waals surface area contributed by atoms with Crippen LogP contribution in [-0.2, 0) is 0 Å². The van der Waals surface area contributed by atoms with Gasteiger partial charge in [0.2, 0.25) is 5.78 Å². The first-order chi connectivity index (χ1) is 4.74. The van der Waals surface area contributed by atoms with Gasteiger partial charge in [-0.1, -0.05) is 11.3 Å². The van der Waals surface area contributed by atoms with Crippen LogP contribution in [0.15, 0.2) is 6.20 Å². The van der Waals surface area contributed by atoms with Crippen LogP contribution in [0.3, 0.4) is 0 Å². The molecule has 10 heavy (non-hydrogen) atoms. The molecular weight excluding hydrogens is 148 g/mol. The summed E-state index contributed by atoms with van der Waals surface area (Å²) in [6.07, 6.45) is 6.23. The molecular formula is C6H4N2OS. The zero-order chi connectivity index (χ0) is 7.56. The van der Waals surface area contributed by atoms with Crippen molar-refractivity contribution in [3.05, 3.63) is 11.1 Å². The number of ketones is 1. The molecule has 0 bridgehead atoms. The second-order valence-corrected chi connectivity index (χ2v) is 2.60. The van der Waals surface area contributed by atoms with Gasteiger partial charge in [-0.2, -0.15) is 0 Å². The molecule has 1 rings (SSSR count). The molecule has 0 spiro atoms. The summed E-state index contributed by atoms with van der Waals surface area (Å²) in [7, 11) is 0. The minimum absolute atomic E-state index is 0.360. The number of anilines is 1. The van der Waals surface area contributed by atoms with Crippen LogP contribution in [0.5, 0.6) is 0 Å². The third-order valence-corrected chi connectivity index (χ3v) is 1.70. The second kappa shape index (κ2) is 2.50. The monoisotopic (exact) mass is 152 g/mol. The van der Waals surface area contributed by atoms with Gasteiger partial charge in [-0.3, -0.25) is 4.79 Å². The lowest BCUT2D eigenvalue weighted by molar-refractivity contribution is 0.106. The van der Waals surface area contributed by atoms with Crippen molar-refractivity contribution in [2.75, 3.05) is 5.73 Å². The fourth-order valence-corrected chi connectivity index (χ4v) is 1.05. The van der Waals surface area contributed by atoms with Gasteiger partial charge in [-0.25, -0.2) is 4.98 Å². The van der Waals surface area contributed by atoms with Gasteiger partial charge in [0.15, 0.2) is 5.13 Å². The molecule has 4 heteroatoms. The van der Waals surface area contributed by atoms with E-state index in [1.54, 1.807) is 0 Å². The molecule has 0 radical (unpaired) electrons. The number of carbonyl (C=O) groups excluding carboxylic acids is 1. The third-order valence-electron chi connectivity index (χ3n) is 0.878. The van der Waals surface area contributed by atoms with E-state index in [4.69, 9.17) is 12.2 Å². The largest absolute Gasteiger partial charge is 0.375 e. The van der Waals surface area contributed by atoms with Gasteiger partial charge in [-0.05, 0) is 5.92 Å². The van der Waals surface area contributed by atoms with Gasteiger partial charge in [0.1, 0.15) is 4.88 Å². The van der Waals surface area contributed by atoms with Crippen LogP contribution in [0.4, 0.5) is 5.13 Å². The van der Waals surface area contributed by atoms with E-state index < -0.39 is 0 Å². The highest BCUT2D eigenvalue weighted by molar-refractivity contribution is 7.17. The maximum Gasteiger partial charge on any atom is 0.247 e. The predicted molar refractivity (Wildman–Crippen MR) is 39.7 cm³/mol. The van der Waals surface area contributed by atoms with Crippen molar-refractivity contribution in [2.45, 2.75) is 0 Å². The summed E-state index contributed by atoms with van der Waals surface area (Å²) >= 11 is 1.10. The van der Waals surface area contributed by atoms with E-state index >= 15 is 0 Å². The number of hydrogen-bond donors (Lipinski definition) is 1. The van der Waals surface area contributed by atoms with E-state index in [-0.39, 0.29) is 5.78 Å². The summed E-state index contributed by atoms with van der Waals surface area (Å²) in [6, 6.07) is 0. The molecule has 0 fully saturated rings. The molecule has 1 aromatic heterocycles. The molecule has 1 heterocycles. The zero-order valence-electron chi connectivity index (χ0n) is 5.00. The van der Waals surface area contributed by atoms with Crippen LogP contribution in [0.2, 0.25) is 0 Å². The first kappa shape index (κ1) is 6.78. The minimum atomic E-state index is -0.366. The highest BCUT2D eigenvalue weighted by Gasteiger charge is 2.04. The number of nitrogens with zero attached hydrogens (tertiary/aromatic N) is 1. The Bertz CT molecular complexity index is 297. The second-order valence-electron chi connectivity index (χ2n) is 1.54. The molecule has 2 N–H and O–H groups in total. The SMILES string of the molecule is C#CC(=O)c1cnc(N)s1.